The maximum Gasteiger partial charge on any atom is 0.290 e. The second-order valence-electron chi connectivity index (χ2n) is 4.63. The molecule has 2 aromatic heterocycles. The van der Waals surface area contributed by atoms with Crippen LogP contribution in [-0.2, 0) is 11.3 Å². The first-order chi connectivity index (χ1) is 10.1. The Bertz CT molecular complexity index is 661. The summed E-state index contributed by atoms with van der Waals surface area (Å²) in [6.07, 6.45) is 3.38. The van der Waals surface area contributed by atoms with Crippen molar-refractivity contribution in [2.24, 2.45) is 0 Å². The van der Waals surface area contributed by atoms with Crippen LogP contribution in [0.2, 0.25) is 0 Å². The molecule has 2 aromatic rings. The van der Waals surface area contributed by atoms with Gasteiger partial charge in [-0.15, -0.1) is 0 Å². The fourth-order valence-electron chi connectivity index (χ4n) is 1.81. The second kappa shape index (κ2) is 6.74. The first-order valence-electron chi connectivity index (χ1n) is 6.80. The van der Waals surface area contributed by atoms with Crippen LogP contribution in [0, 0.1) is 0 Å². The number of hydrogen-bond donors (Lipinski definition) is 2. The number of nitrogens with zero attached hydrogens (tertiary/aromatic N) is 2. The predicted octanol–water partition coefficient (Wildman–Crippen LogP) is 1.00. The molecule has 0 aliphatic carbocycles. The van der Waals surface area contributed by atoms with Crippen LogP contribution in [0.1, 0.15) is 19.8 Å². The topological polar surface area (TPSA) is 103 Å². The minimum absolute atomic E-state index is 0.0257. The molecule has 0 bridgehead atoms. The van der Waals surface area contributed by atoms with Gasteiger partial charge in [0.1, 0.15) is 17.9 Å². The molecule has 0 aliphatic rings. The van der Waals surface area contributed by atoms with Gasteiger partial charge in [-0.2, -0.15) is 5.10 Å². The van der Waals surface area contributed by atoms with Crippen LogP contribution in [-0.4, -0.2) is 22.2 Å². The summed E-state index contributed by atoms with van der Waals surface area (Å²) < 4.78 is 6.27. The molecule has 0 radical (unpaired) electrons. The van der Waals surface area contributed by atoms with E-state index in [1.165, 1.54) is 12.3 Å². The van der Waals surface area contributed by atoms with Crippen molar-refractivity contribution < 1.29 is 9.21 Å². The average Bonchev–Trinajstić information content (AvgIpc) is 2.98. The molecule has 0 saturated carbocycles. The fourth-order valence-corrected chi connectivity index (χ4v) is 1.81. The Morgan fingerprint density at radius 3 is 3.00 bits per heavy atom. The molecule has 112 valence electrons. The third-order valence-corrected chi connectivity index (χ3v) is 2.92. The number of carbonyl (C=O) groups excluding carboxylic acids is 1. The third-order valence-electron chi connectivity index (χ3n) is 2.92. The molecule has 7 heteroatoms. The van der Waals surface area contributed by atoms with Gasteiger partial charge in [-0.3, -0.25) is 9.59 Å². The summed E-state index contributed by atoms with van der Waals surface area (Å²) >= 11 is 0. The van der Waals surface area contributed by atoms with Gasteiger partial charge in [0.25, 0.3) is 5.56 Å². The molecule has 21 heavy (non-hydrogen) atoms. The van der Waals surface area contributed by atoms with Crippen molar-refractivity contribution in [2.45, 2.75) is 26.3 Å². The first-order valence-corrected chi connectivity index (χ1v) is 6.80. The van der Waals surface area contributed by atoms with Crippen molar-refractivity contribution in [3.8, 4) is 11.5 Å². The minimum atomic E-state index is -0.490. The average molecular weight is 290 g/mol. The Morgan fingerprint density at radius 2 is 2.33 bits per heavy atom. The number of hydrogen-bond acceptors (Lipinski definition) is 5. The number of unbranched alkanes of at least 4 members (excludes halogenated alkanes) is 1. The molecule has 0 unspecified atom stereocenters. The molecule has 1 amide bonds. The number of nitrogens with one attached hydrogen (secondary N) is 1. The molecule has 2 rings (SSSR count). The van der Waals surface area contributed by atoms with Crippen LogP contribution in [0.3, 0.4) is 0 Å². The van der Waals surface area contributed by atoms with Crippen molar-refractivity contribution in [3.63, 3.8) is 0 Å². The van der Waals surface area contributed by atoms with Crippen molar-refractivity contribution >= 4 is 11.6 Å². The summed E-state index contributed by atoms with van der Waals surface area (Å²) in [5.74, 6) is 0.218. The number of carbonyl (C=O) groups is 1. The zero-order chi connectivity index (χ0) is 15.2. The summed E-state index contributed by atoms with van der Waals surface area (Å²) in [4.78, 5) is 23.7. The van der Waals surface area contributed by atoms with E-state index in [0.29, 0.717) is 18.0 Å². The molecule has 0 spiro atoms. The molecule has 0 saturated heterocycles. The Balaban J connectivity index is 2.19. The Hall–Kier alpha value is -2.57. The van der Waals surface area contributed by atoms with Crippen molar-refractivity contribution in [1.29, 1.82) is 0 Å². The zero-order valence-electron chi connectivity index (χ0n) is 11.8. The molecule has 0 fully saturated rings. The highest BCUT2D eigenvalue weighted by atomic mass is 16.3. The van der Waals surface area contributed by atoms with E-state index in [1.54, 1.807) is 12.1 Å². The summed E-state index contributed by atoms with van der Waals surface area (Å²) in [6, 6.07) is 4.85. The Labute approximate surface area is 121 Å². The molecule has 0 aromatic carbocycles. The lowest BCUT2D eigenvalue weighted by atomic mass is 10.3. The summed E-state index contributed by atoms with van der Waals surface area (Å²) in [7, 11) is 0. The van der Waals surface area contributed by atoms with Gasteiger partial charge in [-0.25, -0.2) is 4.68 Å². The van der Waals surface area contributed by atoms with Crippen LogP contribution < -0.4 is 16.6 Å². The lowest BCUT2D eigenvalue weighted by molar-refractivity contribution is -0.121. The number of amides is 1. The fraction of sp³-hybridized carbons (Fsp3) is 0.357. The molecule has 3 N–H and O–H groups in total. The third kappa shape index (κ3) is 3.71. The van der Waals surface area contributed by atoms with E-state index < -0.39 is 5.56 Å². The van der Waals surface area contributed by atoms with Gasteiger partial charge in [0.2, 0.25) is 5.91 Å². The number of nitrogen functional groups attached to an aromatic ring is 1. The van der Waals surface area contributed by atoms with Crippen molar-refractivity contribution in [1.82, 2.24) is 15.1 Å². The number of furan rings is 1. The highest BCUT2D eigenvalue weighted by molar-refractivity contribution is 5.75. The Morgan fingerprint density at radius 1 is 1.52 bits per heavy atom. The highest BCUT2D eigenvalue weighted by Gasteiger charge is 2.12. The van der Waals surface area contributed by atoms with E-state index in [1.807, 2.05) is 6.92 Å². The zero-order valence-corrected chi connectivity index (χ0v) is 11.8. The van der Waals surface area contributed by atoms with Crippen molar-refractivity contribution in [3.05, 3.63) is 34.8 Å². The second-order valence-corrected chi connectivity index (χ2v) is 4.63. The smallest absolute Gasteiger partial charge is 0.290 e. The summed E-state index contributed by atoms with van der Waals surface area (Å²) in [5.41, 5.74) is 5.63. The lowest BCUT2D eigenvalue weighted by Gasteiger charge is -2.08. The first kappa shape index (κ1) is 14.8. The summed E-state index contributed by atoms with van der Waals surface area (Å²) in [5, 5.41) is 6.84. The number of nitrogens with two attached hydrogens (primary N) is 1. The van der Waals surface area contributed by atoms with Gasteiger partial charge in [0.15, 0.2) is 5.76 Å². The van der Waals surface area contributed by atoms with E-state index in [-0.39, 0.29) is 18.1 Å². The predicted molar refractivity (Wildman–Crippen MR) is 78.5 cm³/mol. The van der Waals surface area contributed by atoms with Crippen LogP contribution in [0.25, 0.3) is 11.5 Å². The van der Waals surface area contributed by atoms with E-state index in [2.05, 4.69) is 10.4 Å². The summed E-state index contributed by atoms with van der Waals surface area (Å²) in [6.45, 7) is 2.45. The van der Waals surface area contributed by atoms with E-state index in [9.17, 15) is 9.59 Å². The molecular weight excluding hydrogens is 272 g/mol. The van der Waals surface area contributed by atoms with Crippen LogP contribution in [0.15, 0.2) is 33.7 Å². The molecule has 7 nitrogen and oxygen atoms in total. The van der Waals surface area contributed by atoms with Crippen LogP contribution in [0.5, 0.6) is 0 Å². The quantitative estimate of drug-likeness (QED) is 0.772. The number of aromatic nitrogens is 2. The number of anilines is 1. The van der Waals surface area contributed by atoms with Gasteiger partial charge >= 0.3 is 0 Å². The van der Waals surface area contributed by atoms with Gasteiger partial charge < -0.3 is 15.5 Å². The van der Waals surface area contributed by atoms with E-state index >= 15 is 0 Å². The van der Waals surface area contributed by atoms with Crippen LogP contribution in [0.4, 0.5) is 5.69 Å². The van der Waals surface area contributed by atoms with Gasteiger partial charge in [0.05, 0.1) is 6.26 Å². The molecular formula is C14H18N4O3. The maximum absolute atomic E-state index is 11.9. The van der Waals surface area contributed by atoms with E-state index in [4.69, 9.17) is 10.2 Å². The van der Waals surface area contributed by atoms with E-state index in [0.717, 1.165) is 17.5 Å². The lowest BCUT2D eigenvalue weighted by Crippen LogP contribution is -2.35. The highest BCUT2D eigenvalue weighted by Crippen LogP contribution is 2.17. The molecule has 2 heterocycles. The van der Waals surface area contributed by atoms with Crippen LogP contribution >= 0.6 is 0 Å². The van der Waals surface area contributed by atoms with Gasteiger partial charge in [0, 0.05) is 6.54 Å². The SMILES string of the molecule is CCCCNC(=O)Cn1nc(-c2ccco2)cc(N)c1=O. The van der Waals surface area contributed by atoms with Gasteiger partial charge in [-0.1, -0.05) is 13.3 Å². The minimum Gasteiger partial charge on any atom is -0.463 e. The molecule has 0 aliphatic heterocycles. The number of rotatable bonds is 6. The largest absolute Gasteiger partial charge is 0.463 e. The van der Waals surface area contributed by atoms with Gasteiger partial charge in [-0.05, 0) is 24.6 Å². The standard InChI is InChI=1S/C14H18N4O3/c1-2-3-6-16-13(19)9-18-14(20)10(15)8-11(17-18)12-5-4-7-21-12/h4-5,7-8H,2-3,6,9,15H2,1H3,(H,16,19). The molecule has 0 atom stereocenters. The van der Waals surface area contributed by atoms with Crippen molar-refractivity contribution in [2.75, 3.05) is 12.3 Å². The Kier molecular flexibility index (Phi) is 4.76. The normalized spacial score (nSPS) is 10.5. The maximum atomic E-state index is 11.9. The monoisotopic (exact) mass is 290 g/mol.